The molecule has 2 aromatic carbocycles. The van der Waals surface area contributed by atoms with Gasteiger partial charge >= 0.3 is 0 Å². The standard InChI is InChI=1S/C22H26N2O4/c1-4-23(18-7-5-6-16(2)14-18)22(26)10-11-24(17(3)25)19-8-9-20-21(15-19)28-13-12-27-20/h5-9,14-15H,4,10-13H2,1-3H3. The largest absolute Gasteiger partial charge is 0.486 e. The second kappa shape index (κ2) is 8.78. The third-order valence-electron chi connectivity index (χ3n) is 4.70. The first kappa shape index (κ1) is 19.7. The number of fused-ring (bicyclic) bond motifs is 1. The molecule has 0 bridgehead atoms. The summed E-state index contributed by atoms with van der Waals surface area (Å²) in [5.74, 6) is 1.16. The van der Waals surface area contributed by atoms with Crippen molar-refractivity contribution in [1.29, 1.82) is 0 Å². The normalized spacial score (nSPS) is 12.4. The van der Waals surface area contributed by atoms with E-state index in [1.165, 1.54) is 6.92 Å². The predicted molar refractivity (Wildman–Crippen MR) is 109 cm³/mol. The van der Waals surface area contributed by atoms with Gasteiger partial charge in [0.25, 0.3) is 0 Å². The summed E-state index contributed by atoms with van der Waals surface area (Å²) in [6, 6.07) is 13.3. The number of ether oxygens (including phenoxy) is 2. The Morgan fingerprint density at radius 1 is 0.964 bits per heavy atom. The van der Waals surface area contributed by atoms with E-state index >= 15 is 0 Å². The van der Waals surface area contributed by atoms with Crippen molar-refractivity contribution in [2.45, 2.75) is 27.2 Å². The molecule has 0 radical (unpaired) electrons. The number of carbonyl (C=O) groups excluding carboxylic acids is 2. The van der Waals surface area contributed by atoms with E-state index in [4.69, 9.17) is 9.47 Å². The fourth-order valence-corrected chi connectivity index (χ4v) is 3.31. The average molecular weight is 382 g/mol. The van der Waals surface area contributed by atoms with Crippen molar-refractivity contribution in [3.8, 4) is 11.5 Å². The topological polar surface area (TPSA) is 59.1 Å². The van der Waals surface area contributed by atoms with Gasteiger partial charge in [0.2, 0.25) is 11.8 Å². The van der Waals surface area contributed by atoms with Crippen molar-refractivity contribution < 1.29 is 19.1 Å². The summed E-state index contributed by atoms with van der Waals surface area (Å²) in [7, 11) is 0. The fraction of sp³-hybridized carbons (Fsp3) is 0.364. The molecule has 0 unspecified atom stereocenters. The lowest BCUT2D eigenvalue weighted by molar-refractivity contribution is -0.118. The molecular weight excluding hydrogens is 356 g/mol. The van der Waals surface area contributed by atoms with Crippen molar-refractivity contribution >= 4 is 23.2 Å². The van der Waals surface area contributed by atoms with Crippen LogP contribution in [0.2, 0.25) is 0 Å². The molecule has 1 aliphatic heterocycles. The van der Waals surface area contributed by atoms with E-state index in [1.54, 1.807) is 21.9 Å². The van der Waals surface area contributed by atoms with E-state index in [2.05, 4.69) is 0 Å². The highest BCUT2D eigenvalue weighted by Crippen LogP contribution is 2.34. The molecular formula is C22H26N2O4. The molecule has 0 aromatic heterocycles. The van der Waals surface area contributed by atoms with Crippen molar-refractivity contribution in [2.24, 2.45) is 0 Å². The molecule has 1 heterocycles. The van der Waals surface area contributed by atoms with Crippen LogP contribution in [0.1, 0.15) is 25.8 Å². The quantitative estimate of drug-likeness (QED) is 0.766. The SMILES string of the molecule is CCN(C(=O)CCN(C(C)=O)c1ccc2c(c1)OCCO2)c1cccc(C)c1. The van der Waals surface area contributed by atoms with Crippen LogP contribution in [0, 0.1) is 6.92 Å². The highest BCUT2D eigenvalue weighted by Gasteiger charge is 2.20. The lowest BCUT2D eigenvalue weighted by Crippen LogP contribution is -2.36. The molecule has 0 saturated carbocycles. The molecule has 28 heavy (non-hydrogen) atoms. The van der Waals surface area contributed by atoms with Gasteiger partial charge in [-0.1, -0.05) is 12.1 Å². The summed E-state index contributed by atoms with van der Waals surface area (Å²) < 4.78 is 11.1. The number of nitrogens with zero attached hydrogens (tertiary/aromatic N) is 2. The zero-order valence-corrected chi connectivity index (χ0v) is 16.6. The Morgan fingerprint density at radius 3 is 2.36 bits per heavy atom. The summed E-state index contributed by atoms with van der Waals surface area (Å²) in [4.78, 5) is 28.4. The van der Waals surface area contributed by atoms with Crippen molar-refractivity contribution in [1.82, 2.24) is 0 Å². The van der Waals surface area contributed by atoms with Gasteiger partial charge in [0.15, 0.2) is 11.5 Å². The van der Waals surface area contributed by atoms with Gasteiger partial charge in [-0.3, -0.25) is 9.59 Å². The first-order chi connectivity index (χ1) is 13.5. The third-order valence-corrected chi connectivity index (χ3v) is 4.70. The summed E-state index contributed by atoms with van der Waals surface area (Å²) in [6.45, 7) is 7.33. The molecule has 0 fully saturated rings. The minimum Gasteiger partial charge on any atom is -0.486 e. The van der Waals surface area contributed by atoms with Crippen LogP contribution in [0.15, 0.2) is 42.5 Å². The number of amides is 2. The number of rotatable bonds is 6. The van der Waals surface area contributed by atoms with E-state index in [1.807, 2.05) is 44.2 Å². The highest BCUT2D eigenvalue weighted by atomic mass is 16.6. The van der Waals surface area contributed by atoms with Gasteiger partial charge in [0, 0.05) is 43.9 Å². The van der Waals surface area contributed by atoms with Gasteiger partial charge in [-0.15, -0.1) is 0 Å². The van der Waals surface area contributed by atoms with E-state index < -0.39 is 0 Å². The van der Waals surface area contributed by atoms with Gasteiger partial charge in [-0.2, -0.15) is 0 Å². The van der Waals surface area contributed by atoms with Crippen LogP contribution in [-0.2, 0) is 9.59 Å². The Hall–Kier alpha value is -3.02. The molecule has 0 aliphatic carbocycles. The van der Waals surface area contributed by atoms with Crippen molar-refractivity contribution in [2.75, 3.05) is 36.1 Å². The number of aryl methyl sites for hydroxylation is 1. The Bertz CT molecular complexity index is 865. The monoisotopic (exact) mass is 382 g/mol. The fourth-order valence-electron chi connectivity index (χ4n) is 3.31. The van der Waals surface area contributed by atoms with E-state index in [-0.39, 0.29) is 18.2 Å². The molecule has 2 amide bonds. The van der Waals surface area contributed by atoms with Crippen molar-refractivity contribution in [3.05, 3.63) is 48.0 Å². The molecule has 0 saturated heterocycles. The van der Waals surface area contributed by atoms with Crippen LogP contribution in [0.4, 0.5) is 11.4 Å². The second-order valence-electron chi connectivity index (χ2n) is 6.73. The van der Waals surface area contributed by atoms with E-state index in [0.717, 1.165) is 11.3 Å². The third kappa shape index (κ3) is 4.44. The Kier molecular flexibility index (Phi) is 6.19. The Balaban J connectivity index is 1.72. The number of hydrogen-bond donors (Lipinski definition) is 0. The molecule has 0 spiro atoms. The van der Waals surface area contributed by atoms with Crippen molar-refractivity contribution in [3.63, 3.8) is 0 Å². The molecule has 1 aliphatic rings. The van der Waals surface area contributed by atoms with E-state index in [9.17, 15) is 9.59 Å². The maximum Gasteiger partial charge on any atom is 0.228 e. The maximum atomic E-state index is 12.8. The second-order valence-corrected chi connectivity index (χ2v) is 6.73. The average Bonchev–Trinajstić information content (AvgIpc) is 2.68. The molecule has 0 N–H and O–H groups in total. The van der Waals surface area contributed by atoms with Crippen LogP contribution in [0.25, 0.3) is 0 Å². The van der Waals surface area contributed by atoms with Gasteiger partial charge in [-0.05, 0) is 43.7 Å². The summed E-state index contributed by atoms with van der Waals surface area (Å²) >= 11 is 0. The predicted octanol–water partition coefficient (Wildman–Crippen LogP) is 3.56. The van der Waals surface area contributed by atoms with Crippen LogP contribution < -0.4 is 19.3 Å². The van der Waals surface area contributed by atoms with Crippen LogP contribution in [0.5, 0.6) is 11.5 Å². The molecule has 3 rings (SSSR count). The van der Waals surface area contributed by atoms with Crippen LogP contribution in [0.3, 0.4) is 0 Å². The zero-order chi connectivity index (χ0) is 20.1. The van der Waals surface area contributed by atoms with Crippen LogP contribution in [-0.4, -0.2) is 38.1 Å². The van der Waals surface area contributed by atoms with Crippen LogP contribution >= 0.6 is 0 Å². The minimum atomic E-state index is -0.122. The van der Waals surface area contributed by atoms with Gasteiger partial charge in [0.1, 0.15) is 13.2 Å². The zero-order valence-electron chi connectivity index (χ0n) is 16.6. The highest BCUT2D eigenvalue weighted by molar-refractivity contribution is 5.96. The molecule has 148 valence electrons. The first-order valence-electron chi connectivity index (χ1n) is 9.54. The van der Waals surface area contributed by atoms with Gasteiger partial charge in [0.05, 0.1) is 0 Å². The molecule has 6 nitrogen and oxygen atoms in total. The van der Waals surface area contributed by atoms with Gasteiger partial charge < -0.3 is 19.3 Å². The summed E-state index contributed by atoms with van der Waals surface area (Å²) in [5.41, 5.74) is 2.68. The Labute approximate surface area is 165 Å². The van der Waals surface area contributed by atoms with E-state index in [0.29, 0.717) is 43.5 Å². The van der Waals surface area contributed by atoms with Gasteiger partial charge in [-0.25, -0.2) is 0 Å². The molecule has 0 atom stereocenters. The maximum absolute atomic E-state index is 12.8. The molecule has 2 aromatic rings. The number of anilines is 2. The number of hydrogen-bond acceptors (Lipinski definition) is 4. The smallest absolute Gasteiger partial charge is 0.228 e. The summed E-state index contributed by atoms with van der Waals surface area (Å²) in [5, 5.41) is 0. The Morgan fingerprint density at radius 2 is 1.68 bits per heavy atom. The lowest BCUT2D eigenvalue weighted by atomic mass is 10.2. The number of benzene rings is 2. The number of carbonyl (C=O) groups is 2. The first-order valence-corrected chi connectivity index (χ1v) is 9.54. The summed E-state index contributed by atoms with van der Waals surface area (Å²) in [6.07, 6.45) is 0.232. The molecule has 6 heteroatoms. The minimum absolute atomic E-state index is 0.0168. The lowest BCUT2D eigenvalue weighted by Gasteiger charge is -2.26.